The zero-order valence-corrected chi connectivity index (χ0v) is 9.86. The summed E-state index contributed by atoms with van der Waals surface area (Å²) in [5.41, 5.74) is 6.67. The maximum atomic E-state index is 13.4. The highest BCUT2D eigenvalue weighted by Crippen LogP contribution is 2.25. The fraction of sp³-hybridized carbons (Fsp3) is 0.143. The van der Waals surface area contributed by atoms with Crippen LogP contribution in [0, 0.1) is 11.6 Å². The van der Waals surface area contributed by atoms with E-state index in [-0.39, 0.29) is 11.8 Å². The lowest BCUT2D eigenvalue weighted by Gasteiger charge is -2.09. The van der Waals surface area contributed by atoms with Gasteiger partial charge in [-0.3, -0.25) is 0 Å². The highest BCUT2D eigenvalue weighted by molar-refractivity contribution is 5.34. The molecule has 0 aliphatic heterocycles. The summed E-state index contributed by atoms with van der Waals surface area (Å²) in [5, 5.41) is 0. The van der Waals surface area contributed by atoms with Crippen LogP contribution in [0.25, 0.3) is 0 Å². The normalized spacial score (nSPS) is 12.2. The van der Waals surface area contributed by atoms with Gasteiger partial charge in [0.05, 0.1) is 0 Å². The molecule has 0 aliphatic rings. The molecule has 2 rings (SSSR count). The van der Waals surface area contributed by atoms with Gasteiger partial charge in [0.2, 0.25) is 0 Å². The van der Waals surface area contributed by atoms with Gasteiger partial charge in [0, 0.05) is 12.1 Å². The molecule has 0 amide bonds. The fourth-order valence-corrected chi connectivity index (χ4v) is 1.52. The van der Waals surface area contributed by atoms with Gasteiger partial charge in [-0.2, -0.15) is 0 Å². The summed E-state index contributed by atoms with van der Waals surface area (Å²) in [7, 11) is 0. The molecule has 0 aliphatic carbocycles. The first kappa shape index (κ1) is 12.5. The van der Waals surface area contributed by atoms with Gasteiger partial charge in [0.25, 0.3) is 0 Å². The van der Waals surface area contributed by atoms with Crippen LogP contribution in [0.3, 0.4) is 0 Å². The number of hydrogen-bond donors (Lipinski definition) is 1. The smallest absolute Gasteiger partial charge is 0.168 e. The molecule has 0 spiro atoms. The molecule has 0 aromatic heterocycles. The topological polar surface area (TPSA) is 35.2 Å². The van der Waals surface area contributed by atoms with Crippen molar-refractivity contribution >= 4 is 0 Å². The van der Waals surface area contributed by atoms with Crippen LogP contribution < -0.4 is 10.5 Å². The molecule has 4 heteroatoms. The molecule has 0 unspecified atom stereocenters. The van der Waals surface area contributed by atoms with Crippen molar-refractivity contribution in [1.82, 2.24) is 0 Å². The van der Waals surface area contributed by atoms with Crippen LogP contribution in [0.15, 0.2) is 42.5 Å². The van der Waals surface area contributed by atoms with Crippen LogP contribution >= 0.6 is 0 Å². The van der Waals surface area contributed by atoms with Gasteiger partial charge < -0.3 is 10.5 Å². The zero-order valence-electron chi connectivity index (χ0n) is 9.86. The van der Waals surface area contributed by atoms with Crippen molar-refractivity contribution in [2.45, 2.75) is 13.0 Å². The molecule has 0 saturated carbocycles. The number of halogens is 2. The van der Waals surface area contributed by atoms with Crippen molar-refractivity contribution < 1.29 is 13.5 Å². The third-order valence-electron chi connectivity index (χ3n) is 2.53. The molecule has 0 heterocycles. The van der Waals surface area contributed by atoms with Gasteiger partial charge in [-0.05, 0) is 36.8 Å². The van der Waals surface area contributed by atoms with Crippen LogP contribution in [0.1, 0.15) is 18.5 Å². The van der Waals surface area contributed by atoms with Crippen molar-refractivity contribution in [3.8, 4) is 11.5 Å². The minimum atomic E-state index is -0.730. The van der Waals surface area contributed by atoms with Crippen LogP contribution in [-0.2, 0) is 0 Å². The van der Waals surface area contributed by atoms with E-state index in [0.717, 1.165) is 17.7 Å². The molecule has 18 heavy (non-hydrogen) atoms. The third kappa shape index (κ3) is 2.84. The maximum absolute atomic E-state index is 13.4. The van der Waals surface area contributed by atoms with Crippen molar-refractivity contribution in [1.29, 1.82) is 0 Å². The lowest BCUT2D eigenvalue weighted by atomic mass is 10.1. The second kappa shape index (κ2) is 5.14. The van der Waals surface area contributed by atoms with Crippen LogP contribution in [0.2, 0.25) is 0 Å². The standard InChI is InChI=1S/C14H13F2NO/c1-9(17)10-2-5-12(6-3-10)18-14-7-4-11(15)8-13(14)16/h2-9H,17H2,1H3/t9-/m0/s1. The Hall–Kier alpha value is -1.94. The molecule has 0 radical (unpaired) electrons. The highest BCUT2D eigenvalue weighted by atomic mass is 19.1. The van der Waals surface area contributed by atoms with Crippen LogP contribution in [0.5, 0.6) is 11.5 Å². The second-order valence-electron chi connectivity index (χ2n) is 4.03. The Balaban J connectivity index is 2.18. The SMILES string of the molecule is C[C@H](N)c1ccc(Oc2ccc(F)cc2F)cc1. The molecule has 2 aromatic carbocycles. The minimum absolute atomic E-state index is 0.00931. The van der Waals surface area contributed by atoms with Crippen molar-refractivity contribution in [3.63, 3.8) is 0 Å². The average Bonchev–Trinajstić information content (AvgIpc) is 2.33. The Bertz CT molecular complexity index is 538. The monoisotopic (exact) mass is 249 g/mol. The maximum Gasteiger partial charge on any atom is 0.168 e. The van der Waals surface area contributed by atoms with Crippen LogP contribution in [-0.4, -0.2) is 0 Å². The van der Waals surface area contributed by atoms with Gasteiger partial charge >= 0.3 is 0 Å². The molecule has 2 nitrogen and oxygen atoms in total. The van der Waals surface area contributed by atoms with Crippen molar-refractivity contribution in [2.75, 3.05) is 0 Å². The Morgan fingerprint density at radius 2 is 1.72 bits per heavy atom. The Labute approximate surface area is 104 Å². The highest BCUT2D eigenvalue weighted by Gasteiger charge is 2.06. The molecular formula is C14H13F2NO. The number of rotatable bonds is 3. The molecular weight excluding hydrogens is 236 g/mol. The first-order chi connectivity index (χ1) is 8.56. The Morgan fingerprint density at radius 3 is 2.28 bits per heavy atom. The summed E-state index contributed by atoms with van der Waals surface area (Å²) >= 11 is 0. The van der Waals surface area contributed by atoms with Crippen molar-refractivity contribution in [2.24, 2.45) is 5.73 Å². The van der Waals surface area contributed by atoms with Gasteiger partial charge in [-0.25, -0.2) is 8.78 Å². The van der Waals surface area contributed by atoms with Gasteiger partial charge in [0.1, 0.15) is 11.6 Å². The van der Waals surface area contributed by atoms with E-state index in [4.69, 9.17) is 10.5 Å². The number of nitrogens with two attached hydrogens (primary N) is 1. The number of hydrogen-bond acceptors (Lipinski definition) is 2. The predicted molar refractivity (Wildman–Crippen MR) is 65.5 cm³/mol. The van der Waals surface area contributed by atoms with E-state index in [2.05, 4.69) is 0 Å². The lowest BCUT2D eigenvalue weighted by Crippen LogP contribution is -2.04. The first-order valence-electron chi connectivity index (χ1n) is 5.54. The molecule has 0 bridgehead atoms. The molecule has 94 valence electrons. The fourth-order valence-electron chi connectivity index (χ4n) is 1.52. The van der Waals surface area contributed by atoms with Gasteiger partial charge in [-0.1, -0.05) is 12.1 Å². The van der Waals surface area contributed by atoms with E-state index in [0.29, 0.717) is 5.75 Å². The molecule has 1 atom stereocenters. The van der Waals surface area contributed by atoms with E-state index in [1.807, 2.05) is 6.92 Å². The molecule has 0 fully saturated rings. The van der Waals surface area contributed by atoms with Gasteiger partial charge in [-0.15, -0.1) is 0 Å². The third-order valence-corrected chi connectivity index (χ3v) is 2.53. The zero-order chi connectivity index (χ0) is 13.1. The summed E-state index contributed by atoms with van der Waals surface area (Å²) in [6.45, 7) is 1.87. The van der Waals surface area contributed by atoms with E-state index in [1.54, 1.807) is 24.3 Å². The molecule has 2 N–H and O–H groups in total. The predicted octanol–water partition coefficient (Wildman–Crippen LogP) is 3.78. The summed E-state index contributed by atoms with van der Waals surface area (Å²) in [6.07, 6.45) is 0. The number of benzene rings is 2. The number of ether oxygens (including phenoxy) is 1. The minimum Gasteiger partial charge on any atom is -0.454 e. The summed E-state index contributed by atoms with van der Waals surface area (Å²) < 4.78 is 31.4. The summed E-state index contributed by atoms with van der Waals surface area (Å²) in [6, 6.07) is 10.1. The Kier molecular flexibility index (Phi) is 3.58. The quantitative estimate of drug-likeness (QED) is 0.898. The van der Waals surface area contributed by atoms with E-state index in [1.165, 1.54) is 6.07 Å². The van der Waals surface area contributed by atoms with Crippen LogP contribution in [0.4, 0.5) is 8.78 Å². The van der Waals surface area contributed by atoms with E-state index in [9.17, 15) is 8.78 Å². The lowest BCUT2D eigenvalue weighted by molar-refractivity contribution is 0.437. The largest absolute Gasteiger partial charge is 0.454 e. The van der Waals surface area contributed by atoms with E-state index < -0.39 is 11.6 Å². The van der Waals surface area contributed by atoms with E-state index >= 15 is 0 Å². The summed E-state index contributed by atoms with van der Waals surface area (Å²) in [4.78, 5) is 0. The average molecular weight is 249 g/mol. The molecule has 2 aromatic rings. The Morgan fingerprint density at radius 1 is 1.06 bits per heavy atom. The second-order valence-corrected chi connectivity index (χ2v) is 4.03. The first-order valence-corrected chi connectivity index (χ1v) is 5.54. The van der Waals surface area contributed by atoms with Crippen molar-refractivity contribution in [3.05, 3.63) is 59.7 Å². The summed E-state index contributed by atoms with van der Waals surface area (Å²) in [5.74, 6) is -0.895. The molecule has 0 saturated heterocycles. The van der Waals surface area contributed by atoms with Gasteiger partial charge in [0.15, 0.2) is 11.6 Å².